The molecule has 3 fully saturated rings. The summed E-state index contributed by atoms with van der Waals surface area (Å²) in [5, 5.41) is 9.10. The van der Waals surface area contributed by atoms with E-state index in [0.717, 1.165) is 24.2 Å². The highest BCUT2D eigenvalue weighted by Gasteiger charge is 2.59. The Balaban J connectivity index is 1.34. The first-order valence-corrected chi connectivity index (χ1v) is 13.1. The number of nitriles is 1. The maximum absolute atomic E-state index is 13.7. The van der Waals surface area contributed by atoms with Crippen LogP contribution in [0, 0.1) is 11.3 Å². The fraction of sp³-hybridized carbons (Fsp3) is 0.429. The Labute approximate surface area is 230 Å². The Hall–Kier alpha value is -4.11. The Bertz CT molecular complexity index is 1360. The van der Waals surface area contributed by atoms with Gasteiger partial charge in [0.2, 0.25) is 0 Å². The molecule has 1 aliphatic carbocycles. The number of ether oxygens (including phenoxy) is 1. The van der Waals surface area contributed by atoms with Crippen molar-refractivity contribution in [3.63, 3.8) is 0 Å². The van der Waals surface area contributed by atoms with Gasteiger partial charge in [0.1, 0.15) is 17.4 Å². The summed E-state index contributed by atoms with van der Waals surface area (Å²) in [6, 6.07) is 9.97. The van der Waals surface area contributed by atoms with E-state index in [1.54, 1.807) is 11.8 Å². The number of nitrogens with zero attached hydrogens (tertiary/aromatic N) is 6. The molecular weight excluding hydrogens is 525 g/mol. The van der Waals surface area contributed by atoms with Crippen LogP contribution >= 0.6 is 0 Å². The standard InChI is InChI=1S/C28H29F3N6O3/c1-3-40-26(39)35-13-11-34(12-14-35)18-20-5-7-21(8-6-20)37-19(2)36(25(38)27(37)9-4-10-27)22-15-23(28(29,30)31)24(16-32)33-17-22/h5-8,15,17H,2-4,9-14,18H2,1H3. The Morgan fingerprint density at radius 2 is 1.82 bits per heavy atom. The van der Waals surface area contributed by atoms with Crippen molar-refractivity contribution >= 4 is 23.4 Å². The van der Waals surface area contributed by atoms with Crippen LogP contribution in [0.5, 0.6) is 0 Å². The minimum Gasteiger partial charge on any atom is -0.450 e. The first kappa shape index (κ1) is 27.5. The maximum Gasteiger partial charge on any atom is 0.419 e. The van der Waals surface area contributed by atoms with Crippen molar-refractivity contribution in [3.05, 3.63) is 65.7 Å². The van der Waals surface area contributed by atoms with Gasteiger partial charge in [-0.25, -0.2) is 9.78 Å². The fourth-order valence-electron chi connectivity index (χ4n) is 5.57. The van der Waals surface area contributed by atoms with Crippen LogP contribution in [0.2, 0.25) is 0 Å². The lowest BCUT2D eigenvalue weighted by atomic mass is 9.75. The smallest absolute Gasteiger partial charge is 0.419 e. The zero-order chi connectivity index (χ0) is 28.7. The molecular formula is C28H29F3N6O3. The molecule has 1 spiro atoms. The molecule has 0 N–H and O–H groups in total. The Morgan fingerprint density at radius 3 is 2.38 bits per heavy atom. The first-order valence-electron chi connectivity index (χ1n) is 13.1. The number of aromatic nitrogens is 1. The van der Waals surface area contributed by atoms with E-state index >= 15 is 0 Å². The number of hydrogen-bond acceptors (Lipinski definition) is 7. The minimum atomic E-state index is -4.80. The van der Waals surface area contributed by atoms with E-state index in [1.807, 2.05) is 29.2 Å². The topological polar surface area (TPSA) is 93.0 Å². The lowest BCUT2D eigenvalue weighted by Gasteiger charge is -2.43. The Morgan fingerprint density at radius 1 is 1.15 bits per heavy atom. The molecule has 2 amide bonds. The molecule has 40 heavy (non-hydrogen) atoms. The monoisotopic (exact) mass is 554 g/mol. The molecule has 9 nitrogen and oxygen atoms in total. The molecule has 3 heterocycles. The third-order valence-corrected chi connectivity index (χ3v) is 7.77. The molecule has 12 heteroatoms. The van der Waals surface area contributed by atoms with E-state index in [2.05, 4.69) is 16.5 Å². The second kappa shape index (κ2) is 10.5. The second-order valence-corrected chi connectivity index (χ2v) is 10.1. The number of pyridine rings is 1. The third kappa shape index (κ3) is 4.75. The summed E-state index contributed by atoms with van der Waals surface area (Å²) in [6.07, 6.45) is -2.09. The molecule has 0 unspecified atom stereocenters. The summed E-state index contributed by atoms with van der Waals surface area (Å²) >= 11 is 0. The molecule has 210 valence electrons. The normalized spacial score (nSPS) is 19.1. The summed E-state index contributed by atoms with van der Waals surface area (Å²) in [4.78, 5) is 36.2. The Kier molecular flexibility index (Phi) is 7.18. The molecule has 0 radical (unpaired) electrons. The molecule has 3 aliphatic rings. The zero-order valence-electron chi connectivity index (χ0n) is 22.1. The number of piperazine rings is 1. The van der Waals surface area contributed by atoms with Crippen molar-refractivity contribution in [1.82, 2.24) is 14.8 Å². The number of rotatable bonds is 5. The molecule has 1 aromatic heterocycles. The quantitative estimate of drug-likeness (QED) is 0.538. The van der Waals surface area contributed by atoms with E-state index in [4.69, 9.17) is 10.00 Å². The van der Waals surface area contributed by atoms with E-state index in [1.165, 1.54) is 11.0 Å². The van der Waals surface area contributed by atoms with Crippen molar-refractivity contribution in [2.45, 2.75) is 44.4 Å². The van der Waals surface area contributed by atoms with Crippen LogP contribution in [0.25, 0.3) is 0 Å². The highest BCUT2D eigenvalue weighted by Crippen LogP contribution is 2.50. The van der Waals surface area contributed by atoms with Crippen LogP contribution in [0.4, 0.5) is 29.3 Å². The molecule has 0 atom stereocenters. The van der Waals surface area contributed by atoms with Crippen molar-refractivity contribution in [1.29, 1.82) is 5.26 Å². The summed E-state index contributed by atoms with van der Waals surface area (Å²) in [5.41, 5.74) is -1.17. The van der Waals surface area contributed by atoms with Gasteiger partial charge in [-0.1, -0.05) is 18.7 Å². The van der Waals surface area contributed by atoms with E-state index < -0.39 is 23.0 Å². The number of carbonyl (C=O) groups excluding carboxylic acids is 2. The number of anilines is 2. The molecule has 2 saturated heterocycles. The van der Waals surface area contributed by atoms with E-state index in [9.17, 15) is 22.8 Å². The van der Waals surface area contributed by atoms with E-state index in [-0.39, 0.29) is 23.5 Å². The molecule has 0 bridgehead atoms. The fourth-order valence-corrected chi connectivity index (χ4v) is 5.57. The van der Waals surface area contributed by atoms with Crippen molar-refractivity contribution in [3.8, 4) is 6.07 Å². The highest BCUT2D eigenvalue weighted by molar-refractivity contribution is 6.10. The predicted molar refractivity (Wildman–Crippen MR) is 140 cm³/mol. The van der Waals surface area contributed by atoms with Gasteiger partial charge in [-0.3, -0.25) is 14.6 Å². The number of benzene rings is 1. The lowest BCUT2D eigenvalue weighted by molar-refractivity contribution is -0.138. The van der Waals surface area contributed by atoms with Gasteiger partial charge in [0.25, 0.3) is 5.91 Å². The number of carbonyl (C=O) groups is 2. The largest absolute Gasteiger partial charge is 0.450 e. The lowest BCUT2D eigenvalue weighted by Crippen LogP contribution is -2.54. The van der Waals surface area contributed by atoms with Crippen LogP contribution in [0.1, 0.15) is 43.0 Å². The van der Waals surface area contributed by atoms with Crippen LogP contribution < -0.4 is 9.80 Å². The van der Waals surface area contributed by atoms with Gasteiger partial charge in [-0.15, -0.1) is 0 Å². The molecule has 2 aromatic rings. The van der Waals surface area contributed by atoms with E-state index in [0.29, 0.717) is 57.9 Å². The van der Waals surface area contributed by atoms with Gasteiger partial charge in [0.05, 0.1) is 24.1 Å². The van der Waals surface area contributed by atoms with Crippen LogP contribution in [0.3, 0.4) is 0 Å². The van der Waals surface area contributed by atoms with Crippen LogP contribution in [-0.2, 0) is 22.3 Å². The molecule has 2 aliphatic heterocycles. The van der Waals surface area contributed by atoms with Crippen molar-refractivity contribution in [2.75, 3.05) is 42.6 Å². The van der Waals surface area contributed by atoms with Crippen LogP contribution in [-0.4, -0.2) is 65.1 Å². The van der Waals surface area contributed by atoms with Gasteiger partial charge in [-0.2, -0.15) is 18.4 Å². The maximum atomic E-state index is 13.7. The van der Waals surface area contributed by atoms with Gasteiger partial charge in [-0.05, 0) is 49.9 Å². The summed E-state index contributed by atoms with van der Waals surface area (Å²) in [6.45, 7) is 9.51. The minimum absolute atomic E-state index is 0.0753. The predicted octanol–water partition coefficient (Wildman–Crippen LogP) is 4.49. The van der Waals surface area contributed by atoms with Crippen molar-refractivity contribution in [2.24, 2.45) is 0 Å². The SMILES string of the molecule is C=C1N(c2cnc(C#N)c(C(F)(F)F)c2)C(=O)C2(CCC2)N1c1ccc(CN2CCN(C(=O)OCC)CC2)cc1. The number of hydrogen-bond donors (Lipinski definition) is 0. The molecule has 1 aromatic carbocycles. The van der Waals surface area contributed by atoms with Gasteiger partial charge in [0.15, 0.2) is 5.69 Å². The van der Waals surface area contributed by atoms with Crippen molar-refractivity contribution < 1.29 is 27.5 Å². The summed E-state index contributed by atoms with van der Waals surface area (Å²) < 4.78 is 45.9. The molecule has 5 rings (SSSR count). The number of halogens is 3. The summed E-state index contributed by atoms with van der Waals surface area (Å²) in [7, 11) is 0. The van der Waals surface area contributed by atoms with Gasteiger partial charge in [0, 0.05) is 38.4 Å². The second-order valence-electron chi connectivity index (χ2n) is 10.1. The third-order valence-electron chi connectivity index (χ3n) is 7.77. The number of amides is 2. The summed E-state index contributed by atoms with van der Waals surface area (Å²) in [5.74, 6) is -0.112. The average molecular weight is 555 g/mol. The highest BCUT2D eigenvalue weighted by atomic mass is 19.4. The first-order chi connectivity index (χ1) is 19.1. The zero-order valence-corrected chi connectivity index (χ0v) is 22.1. The van der Waals surface area contributed by atoms with Gasteiger partial charge < -0.3 is 14.5 Å². The molecule has 1 saturated carbocycles. The number of alkyl halides is 3. The average Bonchev–Trinajstić information content (AvgIpc) is 3.15. The van der Waals surface area contributed by atoms with Gasteiger partial charge >= 0.3 is 12.3 Å². The van der Waals surface area contributed by atoms with Crippen LogP contribution in [0.15, 0.2) is 48.9 Å².